The molecule has 0 saturated carbocycles. The Balaban J connectivity index is 2.15. The van der Waals surface area contributed by atoms with Crippen molar-refractivity contribution in [3.8, 4) is 22.3 Å². The van der Waals surface area contributed by atoms with E-state index in [0.717, 1.165) is 6.07 Å². The highest BCUT2D eigenvalue weighted by molar-refractivity contribution is 7.15. The molecule has 0 radical (unpaired) electrons. The molecule has 10 heteroatoms. The molecular weight excluding hydrogens is 329 g/mol. The fourth-order valence-corrected chi connectivity index (χ4v) is 3.00. The van der Waals surface area contributed by atoms with Crippen molar-refractivity contribution in [2.45, 2.75) is 6.18 Å². The number of rotatable bonds is 2. The predicted octanol–water partition coefficient (Wildman–Crippen LogP) is 2.81. The molecular formula is C13H9F3N6S. The van der Waals surface area contributed by atoms with Gasteiger partial charge in [0, 0.05) is 24.2 Å². The number of halogens is 3. The van der Waals surface area contributed by atoms with Crippen molar-refractivity contribution >= 4 is 17.2 Å². The van der Waals surface area contributed by atoms with Crippen LogP contribution in [-0.4, -0.2) is 19.6 Å². The summed E-state index contributed by atoms with van der Waals surface area (Å²) < 4.78 is 41.0. The molecule has 0 aliphatic carbocycles. The Morgan fingerprint density at radius 2 is 2.00 bits per heavy atom. The molecule has 0 amide bonds. The first-order valence-electron chi connectivity index (χ1n) is 6.27. The van der Waals surface area contributed by atoms with Crippen LogP contribution in [0.5, 0.6) is 0 Å². The maximum atomic E-state index is 12.8. The second-order valence-corrected chi connectivity index (χ2v) is 5.73. The first-order valence-corrected chi connectivity index (χ1v) is 7.09. The summed E-state index contributed by atoms with van der Waals surface area (Å²) in [5, 5.41) is 17.4. The van der Waals surface area contributed by atoms with Gasteiger partial charge in [-0.25, -0.2) is 0 Å². The summed E-state index contributed by atoms with van der Waals surface area (Å²) in [6.07, 6.45) is -2.78. The molecule has 0 fully saturated rings. The molecule has 0 unspecified atom stereocenters. The highest BCUT2D eigenvalue weighted by atomic mass is 32.1. The number of nitrogen functional groups attached to an aromatic ring is 1. The van der Waals surface area contributed by atoms with Gasteiger partial charge in [0.1, 0.15) is 16.8 Å². The Morgan fingerprint density at radius 3 is 2.52 bits per heavy atom. The zero-order chi connectivity index (χ0) is 16.8. The van der Waals surface area contributed by atoms with Crippen LogP contribution < -0.4 is 5.73 Å². The van der Waals surface area contributed by atoms with Gasteiger partial charge in [-0.1, -0.05) is 0 Å². The van der Waals surface area contributed by atoms with Gasteiger partial charge in [-0.15, -0.1) is 11.3 Å². The van der Waals surface area contributed by atoms with E-state index in [4.69, 9.17) is 5.73 Å². The van der Waals surface area contributed by atoms with Gasteiger partial charge in [0.2, 0.25) is 0 Å². The Labute approximate surface area is 132 Å². The largest absolute Gasteiger partial charge is 0.425 e. The number of hydrogen-bond donors (Lipinski definition) is 1. The van der Waals surface area contributed by atoms with Crippen LogP contribution in [0.2, 0.25) is 0 Å². The first kappa shape index (κ1) is 15.1. The van der Waals surface area contributed by atoms with Gasteiger partial charge < -0.3 is 5.73 Å². The van der Waals surface area contributed by atoms with Crippen LogP contribution in [0.15, 0.2) is 24.4 Å². The number of aryl methyl sites for hydroxylation is 1. The van der Waals surface area contributed by atoms with Crippen molar-refractivity contribution in [2.24, 2.45) is 7.05 Å². The van der Waals surface area contributed by atoms with E-state index in [1.54, 1.807) is 19.3 Å². The van der Waals surface area contributed by atoms with Crippen LogP contribution in [0.4, 0.5) is 19.0 Å². The normalized spacial score (nSPS) is 11.6. The highest BCUT2D eigenvalue weighted by Crippen LogP contribution is 2.41. The number of nitrogens with two attached hydrogens (primary N) is 1. The van der Waals surface area contributed by atoms with Gasteiger partial charge >= 0.3 is 6.18 Å². The summed E-state index contributed by atoms with van der Waals surface area (Å²) in [5.74, 6) is 0.441. The van der Waals surface area contributed by atoms with Crippen LogP contribution in [-0.2, 0) is 13.2 Å². The zero-order valence-corrected chi connectivity index (χ0v) is 12.5. The maximum absolute atomic E-state index is 12.8. The minimum Gasteiger partial charge on any atom is -0.383 e. The van der Waals surface area contributed by atoms with E-state index in [9.17, 15) is 18.4 Å². The van der Waals surface area contributed by atoms with E-state index >= 15 is 0 Å². The molecule has 23 heavy (non-hydrogen) atoms. The van der Waals surface area contributed by atoms with Crippen LogP contribution in [0.25, 0.3) is 16.3 Å². The molecule has 0 aliphatic rings. The first-order chi connectivity index (χ1) is 10.8. The van der Waals surface area contributed by atoms with Crippen molar-refractivity contribution < 1.29 is 13.2 Å². The topological polar surface area (TPSA) is 85.5 Å². The Kier molecular flexibility index (Phi) is 3.37. The average Bonchev–Trinajstić information content (AvgIpc) is 3.16. The second kappa shape index (κ2) is 5.13. The summed E-state index contributed by atoms with van der Waals surface area (Å²) in [6.45, 7) is 0. The molecule has 3 aromatic rings. The van der Waals surface area contributed by atoms with Gasteiger partial charge in [-0.05, 0) is 12.1 Å². The van der Waals surface area contributed by atoms with Crippen molar-refractivity contribution in [3.63, 3.8) is 0 Å². The van der Waals surface area contributed by atoms with Crippen LogP contribution in [0.1, 0.15) is 10.6 Å². The molecule has 3 aromatic heterocycles. The van der Waals surface area contributed by atoms with Gasteiger partial charge in [0.05, 0.1) is 5.56 Å². The molecule has 118 valence electrons. The minimum absolute atomic E-state index is 0.0521. The fourth-order valence-electron chi connectivity index (χ4n) is 2.07. The Morgan fingerprint density at radius 1 is 1.26 bits per heavy atom. The van der Waals surface area contributed by atoms with Crippen molar-refractivity contribution in [3.05, 3.63) is 35.0 Å². The molecule has 2 N–H and O–H groups in total. The van der Waals surface area contributed by atoms with E-state index in [0.29, 0.717) is 17.2 Å². The Bertz CT molecular complexity index is 911. The van der Waals surface area contributed by atoms with Gasteiger partial charge in [0.25, 0.3) is 0 Å². The van der Waals surface area contributed by atoms with E-state index in [-0.39, 0.29) is 22.0 Å². The van der Waals surface area contributed by atoms with E-state index < -0.39 is 11.1 Å². The molecule has 0 bridgehead atoms. The lowest BCUT2D eigenvalue weighted by atomic mass is 10.2. The summed E-state index contributed by atoms with van der Waals surface area (Å²) >= 11 is 0.515. The van der Waals surface area contributed by atoms with Crippen LogP contribution in [0.3, 0.4) is 0 Å². The van der Waals surface area contributed by atoms with Gasteiger partial charge in [-0.3, -0.25) is 4.68 Å². The molecule has 0 spiro atoms. The molecule has 3 heterocycles. The predicted molar refractivity (Wildman–Crippen MR) is 77.8 cm³/mol. The van der Waals surface area contributed by atoms with Crippen molar-refractivity contribution in [1.82, 2.24) is 19.6 Å². The third-order valence-corrected chi connectivity index (χ3v) is 4.22. The molecule has 0 atom stereocenters. The number of aromatic nitrogens is 4. The lowest BCUT2D eigenvalue weighted by Gasteiger charge is -2.02. The van der Waals surface area contributed by atoms with Crippen molar-refractivity contribution in [1.29, 1.82) is 5.26 Å². The second-order valence-electron chi connectivity index (χ2n) is 4.64. The standard InChI is InChI=1S/C13H9F3N6S/c1-21-5-4-10(20-21)22-12(18)11(7(6-17)19-22)8-2-3-9(23-8)13(14,15)16/h2-5H,18H2,1H3. The minimum atomic E-state index is -4.44. The summed E-state index contributed by atoms with van der Waals surface area (Å²) in [4.78, 5) is -0.532. The number of hydrogen-bond acceptors (Lipinski definition) is 5. The third-order valence-electron chi connectivity index (χ3n) is 3.08. The van der Waals surface area contributed by atoms with Gasteiger partial charge in [-0.2, -0.15) is 33.3 Å². The smallest absolute Gasteiger partial charge is 0.383 e. The van der Waals surface area contributed by atoms with Crippen molar-refractivity contribution in [2.75, 3.05) is 5.73 Å². The molecule has 0 aromatic carbocycles. The number of thiophene rings is 1. The monoisotopic (exact) mass is 338 g/mol. The van der Waals surface area contributed by atoms with Gasteiger partial charge in [0.15, 0.2) is 11.5 Å². The van der Waals surface area contributed by atoms with Crippen LogP contribution >= 0.6 is 11.3 Å². The molecule has 6 nitrogen and oxygen atoms in total. The molecule has 3 rings (SSSR count). The van der Waals surface area contributed by atoms with E-state index in [2.05, 4.69) is 10.2 Å². The summed E-state index contributed by atoms with van der Waals surface area (Å²) in [7, 11) is 1.70. The number of nitriles is 1. The number of alkyl halides is 3. The third kappa shape index (κ3) is 2.55. The maximum Gasteiger partial charge on any atom is 0.425 e. The average molecular weight is 338 g/mol. The molecule has 0 aliphatic heterocycles. The quantitative estimate of drug-likeness (QED) is 0.778. The SMILES string of the molecule is Cn1ccc(-n2nc(C#N)c(-c3ccc(C(F)(F)F)s3)c2N)n1. The summed E-state index contributed by atoms with van der Waals surface area (Å²) in [6, 6.07) is 5.73. The number of anilines is 1. The molecule has 0 saturated heterocycles. The van der Waals surface area contributed by atoms with E-state index in [1.807, 2.05) is 6.07 Å². The Hall–Kier alpha value is -2.80. The lowest BCUT2D eigenvalue weighted by Crippen LogP contribution is -2.03. The summed E-state index contributed by atoms with van der Waals surface area (Å²) in [5.41, 5.74) is 6.12. The fraction of sp³-hybridized carbons (Fsp3) is 0.154. The van der Waals surface area contributed by atoms with E-state index in [1.165, 1.54) is 15.4 Å². The number of nitrogens with zero attached hydrogens (tertiary/aromatic N) is 5. The van der Waals surface area contributed by atoms with Crippen LogP contribution in [0, 0.1) is 11.3 Å². The lowest BCUT2D eigenvalue weighted by molar-refractivity contribution is -0.134. The highest BCUT2D eigenvalue weighted by Gasteiger charge is 2.33. The zero-order valence-electron chi connectivity index (χ0n) is 11.7.